The molecule has 1 aromatic heterocycles. The second-order valence-electron chi connectivity index (χ2n) is 8.27. The van der Waals surface area contributed by atoms with Crippen LogP contribution in [0.3, 0.4) is 0 Å². The second-order valence-corrected chi connectivity index (χ2v) is 9.21. The fourth-order valence-electron chi connectivity index (χ4n) is 4.03. The van der Waals surface area contributed by atoms with Gasteiger partial charge in [-0.2, -0.15) is 0 Å². The largest absolute Gasteiger partial charge is 0.497 e. The fourth-order valence-corrected chi connectivity index (χ4v) is 4.81. The highest BCUT2D eigenvalue weighted by molar-refractivity contribution is 7.99. The van der Waals surface area contributed by atoms with Gasteiger partial charge in [0.15, 0.2) is 11.0 Å². The zero-order valence-corrected chi connectivity index (χ0v) is 19.4. The minimum Gasteiger partial charge on any atom is -0.497 e. The van der Waals surface area contributed by atoms with Crippen LogP contribution in [-0.4, -0.2) is 39.6 Å². The average molecular weight is 431 g/mol. The molecule has 1 aliphatic carbocycles. The molecular formula is C23H34N4O2S. The Morgan fingerprint density at radius 1 is 1.23 bits per heavy atom. The summed E-state index contributed by atoms with van der Waals surface area (Å²) < 4.78 is 7.39. The maximum absolute atomic E-state index is 12.6. The van der Waals surface area contributed by atoms with E-state index in [0.29, 0.717) is 17.6 Å². The van der Waals surface area contributed by atoms with Gasteiger partial charge in [-0.15, -0.1) is 10.2 Å². The standard InChI is InChI=1S/C23H34N4O2S/c1-5-6-14-27-22(18-10-12-19(29-4)13-11-18)25-26-23(27)30-15-21(28)24-20-9-7-8-16(2)17(20)3/h10-13,16-17,20H,5-9,14-15H2,1-4H3,(H,24,28). The highest BCUT2D eigenvalue weighted by Crippen LogP contribution is 2.30. The third-order valence-electron chi connectivity index (χ3n) is 6.19. The molecule has 1 N–H and O–H groups in total. The van der Waals surface area contributed by atoms with Gasteiger partial charge in [0.2, 0.25) is 5.91 Å². The fraction of sp³-hybridized carbons (Fsp3) is 0.609. The van der Waals surface area contributed by atoms with E-state index >= 15 is 0 Å². The molecule has 3 rings (SSSR count). The van der Waals surface area contributed by atoms with E-state index in [1.165, 1.54) is 24.6 Å². The van der Waals surface area contributed by atoms with Crippen molar-refractivity contribution in [2.75, 3.05) is 12.9 Å². The summed E-state index contributed by atoms with van der Waals surface area (Å²) in [4.78, 5) is 12.6. The van der Waals surface area contributed by atoms with Crippen LogP contribution in [0, 0.1) is 11.8 Å². The zero-order valence-electron chi connectivity index (χ0n) is 18.6. The van der Waals surface area contributed by atoms with Crippen LogP contribution in [0.4, 0.5) is 0 Å². The molecule has 0 saturated heterocycles. The van der Waals surface area contributed by atoms with Crippen LogP contribution < -0.4 is 10.1 Å². The van der Waals surface area contributed by atoms with E-state index < -0.39 is 0 Å². The van der Waals surface area contributed by atoms with Gasteiger partial charge in [0, 0.05) is 18.2 Å². The average Bonchev–Trinajstić information content (AvgIpc) is 3.16. The van der Waals surface area contributed by atoms with E-state index in [0.717, 1.165) is 48.1 Å². The first-order valence-electron chi connectivity index (χ1n) is 11.0. The number of ether oxygens (including phenoxy) is 1. The Labute approximate surface area is 184 Å². The lowest BCUT2D eigenvalue weighted by Gasteiger charge is -2.34. The number of rotatable bonds is 9. The van der Waals surface area contributed by atoms with Crippen LogP contribution in [0.15, 0.2) is 29.4 Å². The molecule has 0 bridgehead atoms. The molecule has 1 fully saturated rings. The first-order valence-corrected chi connectivity index (χ1v) is 12.0. The predicted molar refractivity (Wildman–Crippen MR) is 122 cm³/mol. The van der Waals surface area contributed by atoms with Gasteiger partial charge in [-0.1, -0.05) is 51.8 Å². The van der Waals surface area contributed by atoms with E-state index in [9.17, 15) is 4.79 Å². The molecule has 3 unspecified atom stereocenters. The lowest BCUT2D eigenvalue weighted by Crippen LogP contribution is -2.44. The molecule has 1 heterocycles. The monoisotopic (exact) mass is 430 g/mol. The Morgan fingerprint density at radius 3 is 2.70 bits per heavy atom. The number of benzene rings is 1. The molecule has 1 saturated carbocycles. The summed E-state index contributed by atoms with van der Waals surface area (Å²) in [5, 5.41) is 12.9. The SMILES string of the molecule is CCCCn1c(SCC(=O)NC2CCCC(C)C2C)nnc1-c1ccc(OC)cc1. The van der Waals surface area contributed by atoms with Crippen molar-refractivity contribution in [2.45, 2.75) is 70.6 Å². The molecule has 0 radical (unpaired) electrons. The molecule has 3 atom stereocenters. The van der Waals surface area contributed by atoms with Crippen LogP contribution in [0.25, 0.3) is 11.4 Å². The molecule has 164 valence electrons. The lowest BCUT2D eigenvalue weighted by molar-refractivity contribution is -0.120. The smallest absolute Gasteiger partial charge is 0.230 e. The minimum atomic E-state index is 0.0852. The number of nitrogens with zero attached hydrogens (tertiary/aromatic N) is 3. The summed E-state index contributed by atoms with van der Waals surface area (Å²) in [6.07, 6.45) is 5.66. The molecule has 6 nitrogen and oxygen atoms in total. The highest BCUT2D eigenvalue weighted by atomic mass is 32.2. The Kier molecular flexibility index (Phi) is 8.19. The number of hydrogen-bond acceptors (Lipinski definition) is 5. The van der Waals surface area contributed by atoms with Gasteiger partial charge in [-0.3, -0.25) is 4.79 Å². The molecule has 0 aliphatic heterocycles. The van der Waals surface area contributed by atoms with Gasteiger partial charge in [-0.05, 0) is 48.9 Å². The maximum atomic E-state index is 12.6. The summed E-state index contributed by atoms with van der Waals surface area (Å²) in [7, 11) is 1.66. The van der Waals surface area contributed by atoms with Gasteiger partial charge >= 0.3 is 0 Å². The first-order chi connectivity index (χ1) is 14.5. The van der Waals surface area contributed by atoms with Crippen LogP contribution >= 0.6 is 11.8 Å². The lowest BCUT2D eigenvalue weighted by atomic mass is 9.78. The number of thioether (sulfide) groups is 1. The van der Waals surface area contributed by atoms with Crippen LogP contribution in [-0.2, 0) is 11.3 Å². The Bertz CT molecular complexity index is 821. The van der Waals surface area contributed by atoms with E-state index in [2.05, 4.69) is 40.9 Å². The third-order valence-corrected chi connectivity index (χ3v) is 7.15. The summed E-state index contributed by atoms with van der Waals surface area (Å²) in [6, 6.07) is 8.15. The van der Waals surface area contributed by atoms with Crippen molar-refractivity contribution >= 4 is 17.7 Å². The van der Waals surface area contributed by atoms with Crippen LogP contribution in [0.2, 0.25) is 0 Å². The number of amides is 1. The number of carbonyl (C=O) groups is 1. The third kappa shape index (κ3) is 5.56. The Morgan fingerprint density at radius 2 is 2.00 bits per heavy atom. The van der Waals surface area contributed by atoms with E-state index in [4.69, 9.17) is 4.74 Å². The maximum Gasteiger partial charge on any atom is 0.230 e. The number of carbonyl (C=O) groups excluding carboxylic acids is 1. The summed E-state index contributed by atoms with van der Waals surface area (Å²) in [5.41, 5.74) is 1.00. The second kappa shape index (κ2) is 10.8. The molecule has 1 aromatic carbocycles. The van der Waals surface area contributed by atoms with Crippen LogP contribution in [0.1, 0.15) is 52.9 Å². The normalized spacial score (nSPS) is 21.4. The number of nitrogens with one attached hydrogen (secondary N) is 1. The van der Waals surface area contributed by atoms with Crippen molar-refractivity contribution in [2.24, 2.45) is 11.8 Å². The van der Waals surface area contributed by atoms with E-state index in [1.54, 1.807) is 7.11 Å². The van der Waals surface area contributed by atoms with Crippen molar-refractivity contribution in [1.82, 2.24) is 20.1 Å². The quantitative estimate of drug-likeness (QED) is 0.580. The van der Waals surface area contributed by atoms with E-state index in [1.807, 2.05) is 24.3 Å². The summed E-state index contributed by atoms with van der Waals surface area (Å²) in [5.74, 6) is 3.30. The number of unbranched alkanes of at least 4 members (excludes halogenated alkanes) is 1. The zero-order chi connectivity index (χ0) is 21.5. The van der Waals surface area contributed by atoms with Crippen molar-refractivity contribution < 1.29 is 9.53 Å². The Hall–Kier alpha value is -2.02. The predicted octanol–water partition coefficient (Wildman–Crippen LogP) is 4.79. The number of aromatic nitrogens is 3. The highest BCUT2D eigenvalue weighted by Gasteiger charge is 2.28. The van der Waals surface area contributed by atoms with Crippen molar-refractivity contribution in [1.29, 1.82) is 0 Å². The molecular weight excluding hydrogens is 396 g/mol. The molecule has 2 aromatic rings. The molecule has 7 heteroatoms. The van der Waals surface area contributed by atoms with Crippen LogP contribution in [0.5, 0.6) is 5.75 Å². The number of hydrogen-bond donors (Lipinski definition) is 1. The van der Waals surface area contributed by atoms with Gasteiger partial charge in [-0.25, -0.2) is 0 Å². The molecule has 30 heavy (non-hydrogen) atoms. The molecule has 0 spiro atoms. The minimum absolute atomic E-state index is 0.0852. The van der Waals surface area contributed by atoms with Crippen molar-refractivity contribution in [3.63, 3.8) is 0 Å². The van der Waals surface area contributed by atoms with Gasteiger partial charge in [0.25, 0.3) is 0 Å². The van der Waals surface area contributed by atoms with Crippen molar-refractivity contribution in [3.8, 4) is 17.1 Å². The first kappa shape index (κ1) is 22.7. The Balaban J connectivity index is 1.67. The van der Waals surface area contributed by atoms with Gasteiger partial charge in [0.1, 0.15) is 5.75 Å². The van der Waals surface area contributed by atoms with E-state index in [-0.39, 0.29) is 11.9 Å². The summed E-state index contributed by atoms with van der Waals surface area (Å²) in [6.45, 7) is 7.55. The van der Waals surface area contributed by atoms with Gasteiger partial charge in [0.05, 0.1) is 12.9 Å². The topological polar surface area (TPSA) is 69.0 Å². The van der Waals surface area contributed by atoms with Crippen molar-refractivity contribution in [3.05, 3.63) is 24.3 Å². The van der Waals surface area contributed by atoms with Gasteiger partial charge < -0.3 is 14.6 Å². The summed E-state index contributed by atoms with van der Waals surface area (Å²) >= 11 is 1.47. The number of methoxy groups -OCH3 is 1. The molecule has 1 amide bonds. The molecule has 1 aliphatic rings.